The summed E-state index contributed by atoms with van der Waals surface area (Å²) < 4.78 is 10.7. The minimum Gasteiger partial charge on any atom is -0.497 e. The van der Waals surface area contributed by atoms with E-state index in [1.807, 2.05) is 18.2 Å². The zero-order valence-electron chi connectivity index (χ0n) is 12.8. The summed E-state index contributed by atoms with van der Waals surface area (Å²) in [6.07, 6.45) is 0. The Balaban J connectivity index is 1.85. The van der Waals surface area contributed by atoms with Gasteiger partial charge in [0.05, 0.1) is 14.2 Å². The van der Waals surface area contributed by atoms with Gasteiger partial charge in [-0.25, -0.2) is 0 Å². The molecule has 0 unspecified atom stereocenters. The fourth-order valence-electron chi connectivity index (χ4n) is 2.57. The van der Waals surface area contributed by atoms with Gasteiger partial charge in [-0.15, -0.1) is 0 Å². The Bertz CT molecular complexity index is 778. The Morgan fingerprint density at radius 1 is 0.864 bits per heavy atom. The normalized spacial score (nSPS) is 10.5. The van der Waals surface area contributed by atoms with Gasteiger partial charge in [-0.3, -0.25) is 0 Å². The maximum atomic E-state index is 5.44. The molecule has 0 atom stereocenters. The second kappa shape index (κ2) is 6.39. The fourth-order valence-corrected chi connectivity index (χ4v) is 2.57. The Kier molecular flexibility index (Phi) is 4.15. The monoisotopic (exact) mass is 293 g/mol. The molecule has 3 nitrogen and oxygen atoms in total. The van der Waals surface area contributed by atoms with Crippen LogP contribution in [-0.2, 0) is 6.54 Å². The van der Waals surface area contributed by atoms with Gasteiger partial charge in [-0.1, -0.05) is 36.4 Å². The topological polar surface area (TPSA) is 30.5 Å². The standard InChI is InChI=1S/C19H19NO2/c1-21-16-11-10-15(19(12-16)22-2)13-20-18-9-5-7-14-6-3-4-8-17(14)18/h3-12,20H,13H2,1-2H3. The summed E-state index contributed by atoms with van der Waals surface area (Å²) in [6.45, 7) is 0.696. The molecule has 0 amide bonds. The summed E-state index contributed by atoms with van der Waals surface area (Å²) >= 11 is 0. The van der Waals surface area contributed by atoms with Gasteiger partial charge in [0, 0.05) is 29.2 Å². The lowest BCUT2D eigenvalue weighted by atomic mass is 10.1. The Morgan fingerprint density at radius 2 is 1.68 bits per heavy atom. The van der Waals surface area contributed by atoms with Crippen LogP contribution in [0.15, 0.2) is 60.7 Å². The van der Waals surface area contributed by atoms with Crippen LogP contribution < -0.4 is 14.8 Å². The first kappa shape index (κ1) is 14.3. The van der Waals surface area contributed by atoms with E-state index in [0.717, 1.165) is 22.7 Å². The quantitative estimate of drug-likeness (QED) is 0.753. The highest BCUT2D eigenvalue weighted by Gasteiger charge is 2.06. The molecular weight excluding hydrogens is 274 g/mol. The number of methoxy groups -OCH3 is 2. The predicted molar refractivity (Wildman–Crippen MR) is 90.8 cm³/mol. The molecule has 3 aromatic carbocycles. The van der Waals surface area contributed by atoms with Crippen LogP contribution in [-0.4, -0.2) is 14.2 Å². The second-order valence-electron chi connectivity index (χ2n) is 5.06. The average molecular weight is 293 g/mol. The molecule has 112 valence electrons. The highest BCUT2D eigenvalue weighted by Crippen LogP contribution is 2.27. The van der Waals surface area contributed by atoms with E-state index in [1.165, 1.54) is 10.8 Å². The molecule has 0 saturated carbocycles. The number of rotatable bonds is 5. The molecule has 0 saturated heterocycles. The first-order valence-corrected chi connectivity index (χ1v) is 7.24. The molecule has 3 aromatic rings. The highest BCUT2D eigenvalue weighted by molar-refractivity contribution is 5.93. The molecule has 22 heavy (non-hydrogen) atoms. The molecule has 0 radical (unpaired) electrons. The number of fused-ring (bicyclic) bond motifs is 1. The first-order chi connectivity index (χ1) is 10.8. The van der Waals surface area contributed by atoms with Crippen molar-refractivity contribution >= 4 is 16.5 Å². The molecule has 0 aliphatic carbocycles. The van der Waals surface area contributed by atoms with Gasteiger partial charge in [-0.2, -0.15) is 0 Å². The van der Waals surface area contributed by atoms with E-state index in [0.29, 0.717) is 6.54 Å². The molecule has 1 N–H and O–H groups in total. The van der Waals surface area contributed by atoms with Gasteiger partial charge in [0.1, 0.15) is 11.5 Å². The van der Waals surface area contributed by atoms with Crippen molar-refractivity contribution in [1.82, 2.24) is 0 Å². The third-order valence-corrected chi connectivity index (χ3v) is 3.75. The van der Waals surface area contributed by atoms with Crippen molar-refractivity contribution in [2.45, 2.75) is 6.54 Å². The number of benzene rings is 3. The van der Waals surface area contributed by atoms with E-state index >= 15 is 0 Å². The van der Waals surface area contributed by atoms with Crippen molar-refractivity contribution < 1.29 is 9.47 Å². The lowest BCUT2D eigenvalue weighted by Crippen LogP contribution is -2.02. The molecule has 0 heterocycles. The van der Waals surface area contributed by atoms with Crippen LogP contribution in [0, 0.1) is 0 Å². The van der Waals surface area contributed by atoms with Crippen molar-refractivity contribution in [3.63, 3.8) is 0 Å². The van der Waals surface area contributed by atoms with E-state index in [-0.39, 0.29) is 0 Å². The minimum absolute atomic E-state index is 0.696. The van der Waals surface area contributed by atoms with Crippen LogP contribution in [0.3, 0.4) is 0 Å². The number of hydrogen-bond donors (Lipinski definition) is 1. The molecule has 3 heteroatoms. The average Bonchev–Trinajstić information content (AvgIpc) is 2.59. The Labute approximate surface area is 130 Å². The molecule has 3 rings (SSSR count). The molecule has 0 aliphatic rings. The van der Waals surface area contributed by atoms with Gasteiger partial charge in [0.25, 0.3) is 0 Å². The third-order valence-electron chi connectivity index (χ3n) is 3.75. The minimum atomic E-state index is 0.696. The third kappa shape index (κ3) is 2.84. The second-order valence-corrected chi connectivity index (χ2v) is 5.06. The summed E-state index contributed by atoms with van der Waals surface area (Å²) in [5.41, 5.74) is 2.22. The van der Waals surface area contributed by atoms with E-state index in [2.05, 4.69) is 47.8 Å². The molecule has 0 aliphatic heterocycles. The maximum Gasteiger partial charge on any atom is 0.127 e. The van der Waals surface area contributed by atoms with Crippen LogP contribution in [0.5, 0.6) is 11.5 Å². The SMILES string of the molecule is COc1ccc(CNc2cccc3ccccc23)c(OC)c1. The lowest BCUT2D eigenvalue weighted by molar-refractivity contribution is 0.391. The summed E-state index contributed by atoms with van der Waals surface area (Å²) in [5.74, 6) is 1.62. The summed E-state index contributed by atoms with van der Waals surface area (Å²) in [5, 5.41) is 5.95. The van der Waals surface area contributed by atoms with Crippen LogP contribution in [0.25, 0.3) is 10.8 Å². The van der Waals surface area contributed by atoms with Crippen LogP contribution >= 0.6 is 0 Å². The smallest absolute Gasteiger partial charge is 0.127 e. The summed E-state index contributed by atoms with van der Waals surface area (Å²) in [6, 6.07) is 20.5. The summed E-state index contributed by atoms with van der Waals surface area (Å²) in [7, 11) is 3.33. The van der Waals surface area contributed by atoms with Gasteiger partial charge in [0.15, 0.2) is 0 Å². The maximum absolute atomic E-state index is 5.44. The van der Waals surface area contributed by atoms with Crippen molar-refractivity contribution in [3.05, 3.63) is 66.2 Å². The number of anilines is 1. The molecule has 0 aromatic heterocycles. The largest absolute Gasteiger partial charge is 0.497 e. The van der Waals surface area contributed by atoms with Crippen molar-refractivity contribution in [2.75, 3.05) is 19.5 Å². The van der Waals surface area contributed by atoms with Gasteiger partial charge >= 0.3 is 0 Å². The zero-order valence-corrected chi connectivity index (χ0v) is 12.8. The number of ether oxygens (including phenoxy) is 2. The number of hydrogen-bond acceptors (Lipinski definition) is 3. The fraction of sp³-hybridized carbons (Fsp3) is 0.158. The van der Waals surface area contributed by atoms with Gasteiger partial charge < -0.3 is 14.8 Å². The Morgan fingerprint density at radius 3 is 2.50 bits per heavy atom. The van der Waals surface area contributed by atoms with Crippen LogP contribution in [0.2, 0.25) is 0 Å². The molecular formula is C19H19NO2. The summed E-state index contributed by atoms with van der Waals surface area (Å²) in [4.78, 5) is 0. The Hall–Kier alpha value is -2.68. The van der Waals surface area contributed by atoms with E-state index in [4.69, 9.17) is 9.47 Å². The highest BCUT2D eigenvalue weighted by atomic mass is 16.5. The van der Waals surface area contributed by atoms with E-state index in [1.54, 1.807) is 14.2 Å². The number of nitrogens with one attached hydrogen (secondary N) is 1. The van der Waals surface area contributed by atoms with Crippen molar-refractivity contribution in [3.8, 4) is 11.5 Å². The van der Waals surface area contributed by atoms with Gasteiger partial charge in [-0.05, 0) is 23.6 Å². The first-order valence-electron chi connectivity index (χ1n) is 7.24. The molecule has 0 fully saturated rings. The van der Waals surface area contributed by atoms with Crippen LogP contribution in [0.4, 0.5) is 5.69 Å². The van der Waals surface area contributed by atoms with Crippen LogP contribution in [0.1, 0.15) is 5.56 Å². The predicted octanol–water partition coefficient (Wildman–Crippen LogP) is 4.47. The van der Waals surface area contributed by atoms with E-state index in [9.17, 15) is 0 Å². The molecule has 0 bridgehead atoms. The van der Waals surface area contributed by atoms with E-state index < -0.39 is 0 Å². The molecule has 0 spiro atoms. The van der Waals surface area contributed by atoms with Crippen molar-refractivity contribution in [2.24, 2.45) is 0 Å². The lowest BCUT2D eigenvalue weighted by Gasteiger charge is -2.13. The zero-order chi connectivity index (χ0) is 15.4. The van der Waals surface area contributed by atoms with Gasteiger partial charge in [0.2, 0.25) is 0 Å². The van der Waals surface area contributed by atoms with Crippen molar-refractivity contribution in [1.29, 1.82) is 0 Å².